The third-order valence-electron chi connectivity index (χ3n) is 3.42. The van der Waals surface area contributed by atoms with Crippen molar-refractivity contribution in [2.24, 2.45) is 0 Å². The Morgan fingerprint density at radius 3 is 2.42 bits per heavy atom. The Bertz CT molecular complexity index is 1240. The van der Waals surface area contributed by atoms with Crippen molar-refractivity contribution in [3.05, 3.63) is 70.6 Å². The average molecular weight is 394 g/mol. The van der Waals surface area contributed by atoms with Crippen LogP contribution in [-0.2, 0) is 25.7 Å². The molecule has 0 aliphatic heterocycles. The highest BCUT2D eigenvalue weighted by Gasteiger charge is 2.18. The minimum atomic E-state index is -4.18. The fourth-order valence-corrected chi connectivity index (χ4v) is 4.14. The first-order valence-electron chi connectivity index (χ1n) is 7.37. The molecule has 26 heavy (non-hydrogen) atoms. The highest BCUT2D eigenvalue weighted by atomic mass is 32.2. The van der Waals surface area contributed by atoms with Crippen LogP contribution in [0.2, 0.25) is 0 Å². The van der Waals surface area contributed by atoms with Gasteiger partial charge in [-0.2, -0.15) is 8.42 Å². The molecule has 0 spiro atoms. The summed E-state index contributed by atoms with van der Waals surface area (Å²) in [4.78, 5) is 11.1. The normalized spacial score (nSPS) is 12.2. The molecule has 0 unspecified atom stereocenters. The molecule has 0 radical (unpaired) electrons. The molecule has 0 aliphatic rings. The summed E-state index contributed by atoms with van der Waals surface area (Å²) in [5, 5.41) is 0.615. The molecule has 136 valence electrons. The van der Waals surface area contributed by atoms with E-state index >= 15 is 0 Å². The molecular weight excluding hydrogens is 380 g/mol. The lowest BCUT2D eigenvalue weighted by atomic mass is 10.2. The maximum atomic E-state index is 12.5. The van der Waals surface area contributed by atoms with Gasteiger partial charge in [0.1, 0.15) is 16.2 Å². The fourth-order valence-electron chi connectivity index (χ4n) is 2.36. The molecule has 3 rings (SSSR count). The molecule has 0 saturated carbocycles. The molecule has 0 saturated heterocycles. The molecule has 0 fully saturated rings. The van der Waals surface area contributed by atoms with E-state index in [0.717, 1.165) is 6.26 Å². The number of fused-ring (bicyclic) bond motifs is 1. The summed E-state index contributed by atoms with van der Waals surface area (Å²) in [7, 11) is -7.49. The third-order valence-corrected chi connectivity index (χ3v) is 5.52. The van der Waals surface area contributed by atoms with Gasteiger partial charge >= 0.3 is 15.7 Å². The van der Waals surface area contributed by atoms with Gasteiger partial charge in [-0.1, -0.05) is 12.1 Å². The number of benzene rings is 2. The standard InChI is InChI=1S/C17H14O7S2/c1-25(19,20)11-12-3-2-4-15(9-12)26(21,22)24-14-7-5-13-6-8-17(18)23-16(13)10-14/h2-10H,11H2,1H3. The molecule has 7 nitrogen and oxygen atoms in total. The highest BCUT2D eigenvalue weighted by Crippen LogP contribution is 2.24. The van der Waals surface area contributed by atoms with E-state index in [4.69, 9.17) is 8.60 Å². The summed E-state index contributed by atoms with van der Waals surface area (Å²) >= 11 is 0. The Hall–Kier alpha value is -2.65. The summed E-state index contributed by atoms with van der Waals surface area (Å²) < 4.78 is 57.8. The Morgan fingerprint density at radius 2 is 1.69 bits per heavy atom. The van der Waals surface area contributed by atoms with Crippen molar-refractivity contribution in [2.75, 3.05) is 6.26 Å². The lowest BCUT2D eigenvalue weighted by Crippen LogP contribution is -2.11. The molecule has 0 aliphatic carbocycles. The van der Waals surface area contributed by atoms with E-state index in [2.05, 4.69) is 0 Å². The largest absolute Gasteiger partial charge is 0.423 e. The zero-order chi connectivity index (χ0) is 18.9. The van der Waals surface area contributed by atoms with Gasteiger partial charge in [-0.15, -0.1) is 0 Å². The second-order valence-corrected chi connectivity index (χ2v) is 9.40. The van der Waals surface area contributed by atoms with Crippen LogP contribution in [0.4, 0.5) is 0 Å². The van der Waals surface area contributed by atoms with Crippen LogP contribution in [0.5, 0.6) is 5.75 Å². The molecule has 2 aromatic carbocycles. The van der Waals surface area contributed by atoms with Gasteiger partial charge in [-0.3, -0.25) is 0 Å². The van der Waals surface area contributed by atoms with Crippen LogP contribution in [0.3, 0.4) is 0 Å². The van der Waals surface area contributed by atoms with E-state index in [1.54, 1.807) is 12.1 Å². The van der Waals surface area contributed by atoms with Crippen LogP contribution in [0.1, 0.15) is 5.56 Å². The van der Waals surface area contributed by atoms with Gasteiger partial charge in [0.05, 0.1) is 5.75 Å². The molecule has 0 amide bonds. The predicted octanol–water partition coefficient (Wildman–Crippen LogP) is 2.11. The lowest BCUT2D eigenvalue weighted by molar-refractivity contribution is 0.485. The quantitative estimate of drug-likeness (QED) is 0.482. The van der Waals surface area contributed by atoms with E-state index in [-0.39, 0.29) is 22.0 Å². The molecule has 3 aromatic rings. The second-order valence-electron chi connectivity index (χ2n) is 5.71. The minimum Gasteiger partial charge on any atom is -0.423 e. The van der Waals surface area contributed by atoms with Crippen LogP contribution in [0, 0.1) is 0 Å². The Labute approximate surface area is 149 Å². The Kier molecular flexibility index (Phi) is 4.59. The molecule has 1 aromatic heterocycles. The van der Waals surface area contributed by atoms with Crippen molar-refractivity contribution in [1.29, 1.82) is 0 Å². The number of hydrogen-bond donors (Lipinski definition) is 0. The first kappa shape index (κ1) is 18.2. The maximum absolute atomic E-state index is 12.5. The molecule has 9 heteroatoms. The van der Waals surface area contributed by atoms with Crippen molar-refractivity contribution in [2.45, 2.75) is 10.6 Å². The van der Waals surface area contributed by atoms with E-state index in [1.165, 1.54) is 42.5 Å². The van der Waals surface area contributed by atoms with Gasteiger partial charge in [-0.25, -0.2) is 13.2 Å². The Balaban J connectivity index is 1.94. The first-order chi connectivity index (χ1) is 12.1. The van der Waals surface area contributed by atoms with Crippen LogP contribution in [0.15, 0.2) is 68.7 Å². The maximum Gasteiger partial charge on any atom is 0.339 e. The Morgan fingerprint density at radius 1 is 0.962 bits per heavy atom. The van der Waals surface area contributed by atoms with E-state index < -0.39 is 25.6 Å². The van der Waals surface area contributed by atoms with E-state index in [0.29, 0.717) is 10.9 Å². The topological polar surface area (TPSA) is 108 Å². The molecule has 1 heterocycles. The highest BCUT2D eigenvalue weighted by molar-refractivity contribution is 7.89. The molecule has 0 atom stereocenters. The summed E-state index contributed by atoms with van der Waals surface area (Å²) in [5.74, 6) is -0.308. The summed E-state index contributed by atoms with van der Waals surface area (Å²) in [6, 6.07) is 12.6. The van der Waals surface area contributed by atoms with Crippen LogP contribution in [-0.4, -0.2) is 23.1 Å². The van der Waals surface area contributed by atoms with Crippen molar-refractivity contribution < 1.29 is 25.4 Å². The van der Waals surface area contributed by atoms with Crippen molar-refractivity contribution >= 4 is 30.9 Å². The van der Waals surface area contributed by atoms with Crippen molar-refractivity contribution in [3.8, 4) is 5.75 Å². The summed E-state index contributed by atoms with van der Waals surface area (Å²) in [6.07, 6.45) is 1.06. The van der Waals surface area contributed by atoms with Gasteiger partial charge < -0.3 is 8.60 Å². The summed E-state index contributed by atoms with van der Waals surface area (Å²) in [5.41, 5.74) is -0.0382. The monoisotopic (exact) mass is 394 g/mol. The average Bonchev–Trinajstić information content (AvgIpc) is 2.52. The number of rotatable bonds is 5. The van der Waals surface area contributed by atoms with Gasteiger partial charge in [0.2, 0.25) is 0 Å². The fraction of sp³-hybridized carbons (Fsp3) is 0.118. The van der Waals surface area contributed by atoms with Gasteiger partial charge in [0, 0.05) is 23.8 Å². The van der Waals surface area contributed by atoms with Crippen molar-refractivity contribution in [1.82, 2.24) is 0 Å². The minimum absolute atomic E-state index is 0.0274. The molecular formula is C17H14O7S2. The van der Waals surface area contributed by atoms with Crippen LogP contribution in [0.25, 0.3) is 11.0 Å². The molecule has 0 N–H and O–H groups in total. The summed E-state index contributed by atoms with van der Waals surface area (Å²) in [6.45, 7) is 0. The van der Waals surface area contributed by atoms with E-state index in [9.17, 15) is 21.6 Å². The second kappa shape index (κ2) is 6.58. The zero-order valence-corrected chi connectivity index (χ0v) is 15.2. The number of hydrogen-bond acceptors (Lipinski definition) is 7. The zero-order valence-electron chi connectivity index (χ0n) is 13.6. The van der Waals surface area contributed by atoms with Crippen LogP contribution < -0.4 is 9.81 Å². The number of sulfone groups is 1. The van der Waals surface area contributed by atoms with Gasteiger partial charge in [0.15, 0.2) is 9.84 Å². The lowest BCUT2D eigenvalue weighted by Gasteiger charge is -2.09. The van der Waals surface area contributed by atoms with Crippen molar-refractivity contribution in [3.63, 3.8) is 0 Å². The van der Waals surface area contributed by atoms with Gasteiger partial charge in [-0.05, 0) is 35.9 Å². The van der Waals surface area contributed by atoms with Crippen LogP contribution >= 0.6 is 0 Å². The third kappa shape index (κ3) is 4.30. The SMILES string of the molecule is CS(=O)(=O)Cc1cccc(S(=O)(=O)Oc2ccc3ccc(=O)oc3c2)c1. The molecule has 0 bridgehead atoms. The predicted molar refractivity (Wildman–Crippen MR) is 95.3 cm³/mol. The van der Waals surface area contributed by atoms with E-state index in [1.807, 2.05) is 0 Å². The smallest absolute Gasteiger partial charge is 0.339 e. The van der Waals surface area contributed by atoms with Gasteiger partial charge in [0.25, 0.3) is 0 Å². The first-order valence-corrected chi connectivity index (χ1v) is 10.8.